The van der Waals surface area contributed by atoms with Crippen LogP contribution in [0.1, 0.15) is 44.1 Å². The number of unbranched alkanes of at least 4 members (excludes halogenated alkanes) is 3. The molecule has 0 spiro atoms. The molecule has 27 heavy (non-hydrogen) atoms. The third-order valence-corrected chi connectivity index (χ3v) is 3.50. The summed E-state index contributed by atoms with van der Waals surface area (Å²) in [6.45, 7) is 0.0218. The molecule has 0 bridgehead atoms. The Morgan fingerprint density at radius 3 is 2.15 bits per heavy atom. The van der Waals surface area contributed by atoms with Crippen molar-refractivity contribution < 1.29 is 40.7 Å². The van der Waals surface area contributed by atoms with Crippen molar-refractivity contribution in [3.05, 3.63) is 29.8 Å². The van der Waals surface area contributed by atoms with E-state index in [4.69, 9.17) is 0 Å². The van der Waals surface area contributed by atoms with E-state index in [9.17, 15) is 35.9 Å². The Balaban J connectivity index is 2.21. The van der Waals surface area contributed by atoms with Crippen LogP contribution in [-0.4, -0.2) is 24.2 Å². The topological polar surface area (TPSA) is 55.4 Å². The quantitative estimate of drug-likeness (QED) is 0.459. The fraction of sp³-hybridized carbons (Fsp3) is 0.529. The lowest BCUT2D eigenvalue weighted by molar-refractivity contribution is -0.274. The van der Waals surface area contributed by atoms with E-state index in [1.165, 1.54) is 12.1 Å². The van der Waals surface area contributed by atoms with Gasteiger partial charge in [0, 0.05) is 19.4 Å². The average Bonchev–Trinajstić information content (AvgIpc) is 2.53. The monoisotopic (exact) mass is 399 g/mol. The summed E-state index contributed by atoms with van der Waals surface area (Å²) in [6.07, 6.45) is -8.61. The van der Waals surface area contributed by atoms with Gasteiger partial charge >= 0.3 is 12.5 Å². The highest BCUT2D eigenvalue weighted by Gasteiger charge is 2.37. The van der Waals surface area contributed by atoms with Crippen LogP contribution in [-0.2, 0) is 16.1 Å². The summed E-state index contributed by atoms with van der Waals surface area (Å²) >= 11 is 0. The highest BCUT2D eigenvalue weighted by atomic mass is 19.4. The van der Waals surface area contributed by atoms with Crippen LogP contribution in [0.4, 0.5) is 26.3 Å². The first-order valence-electron chi connectivity index (χ1n) is 8.19. The molecule has 1 rings (SSSR count). The number of halogens is 6. The molecule has 152 valence electrons. The van der Waals surface area contributed by atoms with Crippen molar-refractivity contribution in [2.75, 3.05) is 0 Å². The number of rotatable bonds is 10. The highest BCUT2D eigenvalue weighted by Crippen LogP contribution is 2.23. The number of benzene rings is 1. The molecule has 0 radical (unpaired) electrons. The van der Waals surface area contributed by atoms with E-state index in [0.29, 0.717) is 24.8 Å². The van der Waals surface area contributed by atoms with Crippen LogP contribution in [0.2, 0.25) is 0 Å². The van der Waals surface area contributed by atoms with Crippen molar-refractivity contribution in [3.8, 4) is 5.75 Å². The molecule has 1 aromatic rings. The SMILES string of the molecule is O=C(CCCCCCC(=O)C(F)(F)F)NCc1cccc(OC(F)(F)F)c1. The highest BCUT2D eigenvalue weighted by molar-refractivity contribution is 5.83. The molecule has 0 unspecified atom stereocenters. The smallest absolute Gasteiger partial charge is 0.406 e. The van der Waals surface area contributed by atoms with Gasteiger partial charge in [-0.3, -0.25) is 9.59 Å². The molecule has 1 aromatic carbocycles. The van der Waals surface area contributed by atoms with Crippen LogP contribution in [0.5, 0.6) is 5.75 Å². The fourth-order valence-electron chi connectivity index (χ4n) is 2.21. The largest absolute Gasteiger partial charge is 0.573 e. The summed E-state index contributed by atoms with van der Waals surface area (Å²) in [7, 11) is 0. The van der Waals surface area contributed by atoms with Gasteiger partial charge in [0.1, 0.15) is 5.75 Å². The Labute approximate surface area is 151 Å². The van der Waals surface area contributed by atoms with Crippen LogP contribution in [0.15, 0.2) is 24.3 Å². The predicted molar refractivity (Wildman–Crippen MR) is 83.7 cm³/mol. The van der Waals surface area contributed by atoms with Crippen molar-refractivity contribution in [3.63, 3.8) is 0 Å². The number of hydrogen-bond donors (Lipinski definition) is 1. The third kappa shape index (κ3) is 10.5. The predicted octanol–water partition coefficient (Wildman–Crippen LogP) is 4.67. The summed E-state index contributed by atoms with van der Waals surface area (Å²) in [5, 5.41) is 2.54. The second kappa shape index (κ2) is 10.2. The lowest BCUT2D eigenvalue weighted by atomic mass is 10.1. The molecular formula is C17H19F6NO3. The Bertz CT molecular complexity index is 628. The maximum atomic E-state index is 12.2. The van der Waals surface area contributed by atoms with Crippen molar-refractivity contribution in [2.24, 2.45) is 0 Å². The maximum Gasteiger partial charge on any atom is 0.573 e. The van der Waals surface area contributed by atoms with E-state index in [1.807, 2.05) is 0 Å². The summed E-state index contributed by atoms with van der Waals surface area (Å²) in [4.78, 5) is 22.3. The first-order chi connectivity index (χ1) is 12.5. The number of amides is 1. The Morgan fingerprint density at radius 2 is 1.56 bits per heavy atom. The van der Waals surface area contributed by atoms with Crippen LogP contribution >= 0.6 is 0 Å². The zero-order chi connectivity index (χ0) is 20.5. The van der Waals surface area contributed by atoms with Gasteiger partial charge in [-0.05, 0) is 30.5 Å². The summed E-state index contributed by atoms with van der Waals surface area (Å²) in [6, 6.07) is 5.19. The Hall–Kier alpha value is -2.26. The standard InChI is InChI=1S/C17H19F6NO3/c18-16(19,20)14(25)8-3-1-2-4-9-15(26)24-11-12-6-5-7-13(10-12)27-17(21,22)23/h5-7,10H,1-4,8-9,11H2,(H,24,26). The number of hydrogen-bond acceptors (Lipinski definition) is 3. The van der Waals surface area contributed by atoms with Gasteiger partial charge in [0.25, 0.3) is 0 Å². The van der Waals surface area contributed by atoms with E-state index in [2.05, 4.69) is 10.1 Å². The minimum Gasteiger partial charge on any atom is -0.406 e. The molecule has 0 atom stereocenters. The number of carbonyl (C=O) groups is 2. The molecule has 0 aliphatic carbocycles. The second-order valence-electron chi connectivity index (χ2n) is 5.81. The summed E-state index contributed by atoms with van der Waals surface area (Å²) in [5.41, 5.74) is 0.427. The van der Waals surface area contributed by atoms with E-state index < -0.39 is 24.7 Å². The second-order valence-corrected chi connectivity index (χ2v) is 5.81. The Kier molecular flexibility index (Phi) is 8.58. The van der Waals surface area contributed by atoms with Crippen LogP contribution in [0.3, 0.4) is 0 Å². The van der Waals surface area contributed by atoms with Crippen LogP contribution < -0.4 is 10.1 Å². The minimum absolute atomic E-state index is 0.0218. The van der Waals surface area contributed by atoms with Crippen LogP contribution in [0, 0.1) is 0 Å². The van der Waals surface area contributed by atoms with E-state index in [-0.39, 0.29) is 31.0 Å². The first-order valence-corrected chi connectivity index (χ1v) is 8.19. The molecule has 0 saturated heterocycles. The molecule has 0 heterocycles. The molecule has 0 aliphatic heterocycles. The number of nitrogens with one attached hydrogen (secondary N) is 1. The fourth-order valence-corrected chi connectivity index (χ4v) is 2.21. The van der Waals surface area contributed by atoms with Gasteiger partial charge in [0.2, 0.25) is 11.7 Å². The lowest BCUT2D eigenvalue weighted by Gasteiger charge is -2.10. The molecular weight excluding hydrogens is 380 g/mol. The van der Waals surface area contributed by atoms with Gasteiger partial charge in [-0.25, -0.2) is 0 Å². The zero-order valence-corrected chi connectivity index (χ0v) is 14.3. The number of ketones is 1. The molecule has 1 N–H and O–H groups in total. The molecule has 10 heteroatoms. The van der Waals surface area contributed by atoms with Gasteiger partial charge in [-0.2, -0.15) is 13.2 Å². The molecule has 1 amide bonds. The average molecular weight is 399 g/mol. The van der Waals surface area contributed by atoms with Crippen molar-refractivity contribution in [1.29, 1.82) is 0 Å². The normalized spacial score (nSPS) is 11.9. The van der Waals surface area contributed by atoms with Gasteiger partial charge in [0.05, 0.1) is 0 Å². The third-order valence-electron chi connectivity index (χ3n) is 3.50. The maximum absolute atomic E-state index is 12.2. The zero-order valence-electron chi connectivity index (χ0n) is 14.3. The number of alkyl halides is 6. The number of carbonyl (C=O) groups excluding carboxylic acids is 2. The van der Waals surface area contributed by atoms with Crippen LogP contribution in [0.25, 0.3) is 0 Å². The lowest BCUT2D eigenvalue weighted by Crippen LogP contribution is -2.22. The minimum atomic E-state index is -4.80. The Morgan fingerprint density at radius 1 is 0.926 bits per heavy atom. The summed E-state index contributed by atoms with van der Waals surface area (Å²) in [5.74, 6) is -2.47. The van der Waals surface area contributed by atoms with Gasteiger partial charge in [-0.1, -0.05) is 25.0 Å². The number of Topliss-reactive ketones (excluding diaryl/α,β-unsaturated/α-hetero) is 1. The molecule has 0 aliphatic rings. The van der Waals surface area contributed by atoms with E-state index >= 15 is 0 Å². The van der Waals surface area contributed by atoms with E-state index in [0.717, 1.165) is 12.1 Å². The molecule has 0 aromatic heterocycles. The van der Waals surface area contributed by atoms with Crippen molar-refractivity contribution >= 4 is 11.7 Å². The van der Waals surface area contributed by atoms with Crippen molar-refractivity contribution in [2.45, 2.75) is 57.6 Å². The van der Waals surface area contributed by atoms with Gasteiger partial charge in [0.15, 0.2) is 0 Å². The molecule has 4 nitrogen and oxygen atoms in total. The molecule has 0 fully saturated rings. The van der Waals surface area contributed by atoms with Gasteiger partial charge < -0.3 is 10.1 Å². The molecule has 0 saturated carbocycles. The van der Waals surface area contributed by atoms with Gasteiger partial charge in [-0.15, -0.1) is 13.2 Å². The number of ether oxygens (including phenoxy) is 1. The van der Waals surface area contributed by atoms with E-state index in [1.54, 1.807) is 0 Å². The van der Waals surface area contributed by atoms with Crippen molar-refractivity contribution in [1.82, 2.24) is 5.32 Å². The first kappa shape index (κ1) is 22.8. The summed E-state index contributed by atoms with van der Waals surface area (Å²) < 4.78 is 76.2.